The summed E-state index contributed by atoms with van der Waals surface area (Å²) in [6, 6.07) is 7.96. The third-order valence-electron chi connectivity index (χ3n) is 4.31. The first-order valence-corrected chi connectivity index (χ1v) is 8.16. The van der Waals surface area contributed by atoms with E-state index in [-0.39, 0.29) is 11.8 Å². The maximum atomic E-state index is 12.2. The van der Waals surface area contributed by atoms with Crippen molar-refractivity contribution in [3.05, 3.63) is 42.4 Å². The maximum absolute atomic E-state index is 12.2. The minimum Gasteiger partial charge on any atom is -0.355 e. The summed E-state index contributed by atoms with van der Waals surface area (Å²) in [6.07, 6.45) is 5.75. The number of anilines is 1. The Kier molecular flexibility index (Phi) is 4.90. The predicted octanol–water partition coefficient (Wildman–Crippen LogP) is 1.62. The average Bonchev–Trinajstić information content (AvgIpc) is 3.09. The number of carbonyl (C=O) groups is 1. The maximum Gasteiger partial charge on any atom is 0.223 e. The lowest BCUT2D eigenvalue weighted by atomic mass is 9.96. The molecule has 0 aliphatic carbocycles. The lowest BCUT2D eigenvalue weighted by Crippen LogP contribution is -2.41. The van der Waals surface area contributed by atoms with Crippen LogP contribution in [0.1, 0.15) is 18.5 Å². The van der Waals surface area contributed by atoms with Gasteiger partial charge in [0.25, 0.3) is 0 Å². The minimum atomic E-state index is 0.106. The molecule has 1 aliphatic rings. The van der Waals surface area contributed by atoms with Crippen molar-refractivity contribution in [2.45, 2.75) is 26.3 Å². The molecule has 0 radical (unpaired) electrons. The summed E-state index contributed by atoms with van der Waals surface area (Å²) in [4.78, 5) is 14.5. The van der Waals surface area contributed by atoms with Crippen LogP contribution in [0.5, 0.6) is 0 Å². The number of aryl methyl sites for hydroxylation is 1. The van der Waals surface area contributed by atoms with Crippen molar-refractivity contribution in [1.29, 1.82) is 0 Å². The third-order valence-corrected chi connectivity index (χ3v) is 4.31. The normalized spacial score (nSPS) is 15.6. The van der Waals surface area contributed by atoms with Gasteiger partial charge in [-0.05, 0) is 44.0 Å². The molecule has 3 rings (SSSR count). The Hall–Kier alpha value is -2.37. The molecule has 6 nitrogen and oxygen atoms in total. The molecule has 0 bridgehead atoms. The molecule has 1 saturated heterocycles. The van der Waals surface area contributed by atoms with Gasteiger partial charge in [0.2, 0.25) is 5.91 Å². The molecule has 2 aromatic heterocycles. The number of aromatic nitrogens is 3. The van der Waals surface area contributed by atoms with Crippen LogP contribution in [0.2, 0.25) is 0 Å². The molecule has 23 heavy (non-hydrogen) atoms. The van der Waals surface area contributed by atoms with Crippen molar-refractivity contribution in [3.8, 4) is 0 Å². The molecule has 1 N–H and O–H groups in total. The number of hydrogen-bond donors (Lipinski definition) is 1. The summed E-state index contributed by atoms with van der Waals surface area (Å²) >= 11 is 0. The minimum absolute atomic E-state index is 0.106. The lowest BCUT2D eigenvalue weighted by Gasteiger charge is -2.31. The van der Waals surface area contributed by atoms with E-state index in [2.05, 4.69) is 25.0 Å². The Morgan fingerprint density at radius 1 is 1.22 bits per heavy atom. The second kappa shape index (κ2) is 7.26. The number of rotatable bonds is 5. The van der Waals surface area contributed by atoms with E-state index in [0.717, 1.165) is 44.0 Å². The van der Waals surface area contributed by atoms with Crippen molar-refractivity contribution in [2.75, 3.05) is 24.5 Å². The van der Waals surface area contributed by atoms with Gasteiger partial charge >= 0.3 is 0 Å². The monoisotopic (exact) mass is 313 g/mol. The van der Waals surface area contributed by atoms with Crippen LogP contribution in [-0.4, -0.2) is 40.3 Å². The summed E-state index contributed by atoms with van der Waals surface area (Å²) < 4.78 is 2.07. The van der Waals surface area contributed by atoms with E-state index < -0.39 is 0 Å². The van der Waals surface area contributed by atoms with E-state index >= 15 is 0 Å². The van der Waals surface area contributed by atoms with Gasteiger partial charge in [0.1, 0.15) is 0 Å². The molecule has 0 saturated carbocycles. The Labute approximate surface area is 136 Å². The summed E-state index contributed by atoms with van der Waals surface area (Å²) in [7, 11) is 0. The van der Waals surface area contributed by atoms with Gasteiger partial charge in [0.15, 0.2) is 5.82 Å². The van der Waals surface area contributed by atoms with Gasteiger partial charge in [0, 0.05) is 44.5 Å². The van der Waals surface area contributed by atoms with E-state index in [1.54, 1.807) is 0 Å². The number of piperidine rings is 1. The second-order valence-electron chi connectivity index (χ2n) is 6.01. The largest absolute Gasteiger partial charge is 0.355 e. The fourth-order valence-electron chi connectivity index (χ4n) is 2.90. The molecule has 0 aromatic carbocycles. The number of hydrogen-bond acceptors (Lipinski definition) is 4. The van der Waals surface area contributed by atoms with E-state index in [1.165, 1.54) is 0 Å². The van der Waals surface area contributed by atoms with Crippen molar-refractivity contribution < 1.29 is 4.79 Å². The van der Waals surface area contributed by atoms with Crippen LogP contribution in [0, 0.1) is 12.8 Å². The third kappa shape index (κ3) is 4.09. The molecular formula is C17H23N5O. The zero-order chi connectivity index (χ0) is 16.1. The van der Waals surface area contributed by atoms with Gasteiger partial charge in [-0.2, -0.15) is 5.10 Å². The molecule has 0 spiro atoms. The molecule has 1 aliphatic heterocycles. The van der Waals surface area contributed by atoms with Gasteiger partial charge < -0.3 is 14.8 Å². The number of nitrogens with zero attached hydrogens (tertiary/aromatic N) is 4. The predicted molar refractivity (Wildman–Crippen MR) is 89.1 cm³/mol. The van der Waals surface area contributed by atoms with Crippen LogP contribution in [0.25, 0.3) is 0 Å². The van der Waals surface area contributed by atoms with Crippen LogP contribution in [0.3, 0.4) is 0 Å². The molecule has 0 unspecified atom stereocenters. The van der Waals surface area contributed by atoms with Crippen LogP contribution in [-0.2, 0) is 11.3 Å². The van der Waals surface area contributed by atoms with Crippen molar-refractivity contribution in [1.82, 2.24) is 20.1 Å². The van der Waals surface area contributed by atoms with Crippen molar-refractivity contribution >= 4 is 11.7 Å². The molecule has 6 heteroatoms. The highest BCUT2D eigenvalue weighted by molar-refractivity contribution is 5.78. The number of nitrogens with one attached hydrogen (secondary N) is 1. The zero-order valence-corrected chi connectivity index (χ0v) is 13.5. The fourth-order valence-corrected chi connectivity index (χ4v) is 2.90. The van der Waals surface area contributed by atoms with Crippen LogP contribution >= 0.6 is 0 Å². The number of amides is 1. The lowest BCUT2D eigenvalue weighted by molar-refractivity contribution is -0.125. The first kappa shape index (κ1) is 15.5. The summed E-state index contributed by atoms with van der Waals surface area (Å²) in [5, 5.41) is 11.4. The number of carbonyl (C=O) groups excluding carboxylic acids is 1. The topological polar surface area (TPSA) is 63.1 Å². The van der Waals surface area contributed by atoms with E-state index in [1.807, 2.05) is 43.6 Å². The Morgan fingerprint density at radius 3 is 2.61 bits per heavy atom. The molecule has 1 amide bonds. The fraction of sp³-hybridized carbons (Fsp3) is 0.471. The zero-order valence-electron chi connectivity index (χ0n) is 13.5. The molecule has 1 fully saturated rings. The standard InChI is InChI=1S/C17H23N5O/c1-14-4-5-16(20-19-14)22-11-6-15(7-12-22)17(23)18-8-13-21-9-2-3-10-21/h2-5,9-10,15H,6-8,11-13H2,1H3,(H,18,23). The van der Waals surface area contributed by atoms with E-state index in [9.17, 15) is 4.79 Å². The molecule has 0 atom stereocenters. The summed E-state index contributed by atoms with van der Waals surface area (Å²) in [5.74, 6) is 1.18. The van der Waals surface area contributed by atoms with Crippen LogP contribution in [0.4, 0.5) is 5.82 Å². The second-order valence-corrected chi connectivity index (χ2v) is 6.01. The smallest absolute Gasteiger partial charge is 0.223 e. The van der Waals surface area contributed by atoms with Crippen molar-refractivity contribution in [3.63, 3.8) is 0 Å². The highest BCUT2D eigenvalue weighted by Crippen LogP contribution is 2.21. The summed E-state index contributed by atoms with van der Waals surface area (Å²) in [5.41, 5.74) is 0.922. The highest BCUT2D eigenvalue weighted by atomic mass is 16.1. The first-order valence-electron chi connectivity index (χ1n) is 8.16. The van der Waals surface area contributed by atoms with Crippen molar-refractivity contribution in [2.24, 2.45) is 5.92 Å². The highest BCUT2D eigenvalue weighted by Gasteiger charge is 2.25. The molecule has 3 heterocycles. The average molecular weight is 313 g/mol. The SMILES string of the molecule is Cc1ccc(N2CCC(C(=O)NCCn3cccc3)CC2)nn1. The van der Waals surface area contributed by atoms with Gasteiger partial charge in [-0.25, -0.2) is 0 Å². The summed E-state index contributed by atoms with van der Waals surface area (Å²) in [6.45, 7) is 5.13. The molecule has 2 aromatic rings. The Morgan fingerprint density at radius 2 is 1.96 bits per heavy atom. The first-order chi connectivity index (χ1) is 11.2. The van der Waals surface area contributed by atoms with Gasteiger partial charge in [-0.15, -0.1) is 5.10 Å². The van der Waals surface area contributed by atoms with E-state index in [4.69, 9.17) is 0 Å². The molecular weight excluding hydrogens is 290 g/mol. The van der Waals surface area contributed by atoms with Crippen LogP contribution < -0.4 is 10.2 Å². The Bertz CT molecular complexity index is 615. The molecule has 122 valence electrons. The van der Waals surface area contributed by atoms with Gasteiger partial charge in [0.05, 0.1) is 5.69 Å². The van der Waals surface area contributed by atoms with Gasteiger partial charge in [-0.1, -0.05) is 0 Å². The Balaban J connectivity index is 1.43. The quantitative estimate of drug-likeness (QED) is 0.911. The van der Waals surface area contributed by atoms with E-state index in [0.29, 0.717) is 6.54 Å². The van der Waals surface area contributed by atoms with Gasteiger partial charge in [-0.3, -0.25) is 4.79 Å². The van der Waals surface area contributed by atoms with Crippen LogP contribution in [0.15, 0.2) is 36.7 Å².